The van der Waals surface area contributed by atoms with Crippen LogP contribution in [0.3, 0.4) is 0 Å². The third-order valence-corrected chi connectivity index (χ3v) is 4.95. The molecule has 0 aliphatic heterocycles. The van der Waals surface area contributed by atoms with E-state index < -0.39 is 0 Å². The molecule has 1 atom stereocenters. The van der Waals surface area contributed by atoms with Crippen LogP contribution in [-0.4, -0.2) is 9.97 Å². The lowest BCUT2D eigenvalue weighted by Gasteiger charge is -2.19. The van der Waals surface area contributed by atoms with Crippen LogP contribution in [0.4, 0.5) is 5.82 Å². The first-order valence-electron chi connectivity index (χ1n) is 7.61. The molecule has 4 heteroatoms. The van der Waals surface area contributed by atoms with Crippen LogP contribution >= 0.6 is 11.3 Å². The summed E-state index contributed by atoms with van der Waals surface area (Å²) in [6, 6.07) is 18.7. The van der Waals surface area contributed by atoms with Crippen molar-refractivity contribution in [1.82, 2.24) is 9.97 Å². The molecule has 0 saturated heterocycles. The molecule has 0 bridgehead atoms. The lowest BCUT2D eigenvalue weighted by Crippen LogP contribution is -2.12. The maximum atomic E-state index is 4.43. The monoisotopic (exact) mass is 319 g/mol. The van der Waals surface area contributed by atoms with Crippen LogP contribution in [0, 0.1) is 6.92 Å². The standard InChI is InChI=1S/C19H17N3S/c1-13-18(14-7-2-3-8-15(14)21-13)19(16-9-6-12-23-16)22-17-10-4-5-11-20-17/h2-12,19,21H,1H3,(H,20,22)/t19-/m0/s1. The van der Waals surface area contributed by atoms with Gasteiger partial charge >= 0.3 is 0 Å². The van der Waals surface area contributed by atoms with E-state index in [0.717, 1.165) is 5.82 Å². The van der Waals surface area contributed by atoms with Crippen LogP contribution in [0.25, 0.3) is 10.9 Å². The van der Waals surface area contributed by atoms with Crippen LogP contribution in [0.2, 0.25) is 0 Å². The third-order valence-electron chi connectivity index (χ3n) is 4.02. The summed E-state index contributed by atoms with van der Waals surface area (Å²) in [5.74, 6) is 0.885. The molecule has 0 radical (unpaired) electrons. The Morgan fingerprint density at radius 1 is 1.04 bits per heavy atom. The van der Waals surface area contributed by atoms with Crippen LogP contribution in [0.15, 0.2) is 66.2 Å². The first-order chi connectivity index (χ1) is 11.3. The van der Waals surface area contributed by atoms with E-state index in [4.69, 9.17) is 0 Å². The van der Waals surface area contributed by atoms with Crippen molar-refractivity contribution in [2.75, 3.05) is 5.32 Å². The molecule has 4 aromatic rings. The summed E-state index contributed by atoms with van der Waals surface area (Å²) < 4.78 is 0. The van der Waals surface area contributed by atoms with Crippen molar-refractivity contribution in [2.45, 2.75) is 13.0 Å². The molecule has 0 spiro atoms. The van der Waals surface area contributed by atoms with Gasteiger partial charge in [0.05, 0.1) is 6.04 Å². The summed E-state index contributed by atoms with van der Waals surface area (Å²) in [5, 5.41) is 6.97. The molecular formula is C19H17N3S. The van der Waals surface area contributed by atoms with Crippen LogP contribution in [0.5, 0.6) is 0 Å². The zero-order chi connectivity index (χ0) is 15.6. The van der Waals surface area contributed by atoms with E-state index in [1.165, 1.54) is 27.0 Å². The van der Waals surface area contributed by atoms with Gasteiger partial charge in [-0.3, -0.25) is 0 Å². The maximum Gasteiger partial charge on any atom is 0.126 e. The quantitative estimate of drug-likeness (QED) is 0.547. The Balaban J connectivity index is 1.86. The normalized spacial score (nSPS) is 12.4. The summed E-state index contributed by atoms with van der Waals surface area (Å²) in [7, 11) is 0. The minimum atomic E-state index is 0.0843. The number of aromatic nitrogens is 2. The second-order valence-electron chi connectivity index (χ2n) is 5.52. The Kier molecular flexibility index (Phi) is 3.60. The molecule has 0 unspecified atom stereocenters. The predicted molar refractivity (Wildman–Crippen MR) is 97.1 cm³/mol. The Labute approximate surface area is 139 Å². The summed E-state index contributed by atoms with van der Waals surface area (Å²) in [4.78, 5) is 9.21. The number of thiophene rings is 1. The van der Waals surface area contributed by atoms with Crippen LogP contribution < -0.4 is 5.32 Å². The number of aromatic amines is 1. The van der Waals surface area contributed by atoms with Crippen molar-refractivity contribution < 1.29 is 0 Å². The molecule has 3 nitrogen and oxygen atoms in total. The molecule has 1 aromatic carbocycles. The smallest absolute Gasteiger partial charge is 0.126 e. The van der Waals surface area contributed by atoms with Gasteiger partial charge in [0.1, 0.15) is 5.82 Å². The Bertz CT molecular complexity index is 910. The van der Waals surface area contributed by atoms with E-state index in [0.29, 0.717) is 0 Å². The van der Waals surface area contributed by atoms with Crippen molar-refractivity contribution in [3.8, 4) is 0 Å². The van der Waals surface area contributed by atoms with Gasteiger partial charge in [0.2, 0.25) is 0 Å². The van der Waals surface area contributed by atoms with Crippen molar-refractivity contribution in [3.63, 3.8) is 0 Å². The van der Waals surface area contributed by atoms with Gasteiger partial charge in [-0.2, -0.15) is 0 Å². The van der Waals surface area contributed by atoms with Crippen LogP contribution in [0.1, 0.15) is 22.2 Å². The SMILES string of the molecule is Cc1[nH]c2ccccc2c1[C@@H](Nc1ccccn1)c1cccs1. The second-order valence-corrected chi connectivity index (χ2v) is 6.50. The van der Waals surface area contributed by atoms with Gasteiger partial charge in [-0.25, -0.2) is 4.98 Å². The zero-order valence-electron chi connectivity index (χ0n) is 12.8. The lowest BCUT2D eigenvalue weighted by atomic mass is 10.0. The molecule has 2 N–H and O–H groups in total. The van der Waals surface area contributed by atoms with E-state index in [1.54, 1.807) is 11.3 Å². The van der Waals surface area contributed by atoms with Gasteiger partial charge in [-0.15, -0.1) is 11.3 Å². The highest BCUT2D eigenvalue weighted by Crippen LogP contribution is 2.35. The Morgan fingerprint density at radius 2 is 1.91 bits per heavy atom. The highest BCUT2D eigenvalue weighted by atomic mass is 32.1. The number of para-hydroxylation sites is 1. The zero-order valence-corrected chi connectivity index (χ0v) is 13.6. The fraction of sp³-hybridized carbons (Fsp3) is 0.105. The van der Waals surface area contributed by atoms with Crippen molar-refractivity contribution >= 4 is 28.1 Å². The summed E-state index contributed by atoms with van der Waals surface area (Å²) in [6.45, 7) is 2.13. The molecule has 0 aliphatic rings. The lowest BCUT2D eigenvalue weighted by molar-refractivity contribution is 0.944. The second kappa shape index (κ2) is 5.89. The molecule has 23 heavy (non-hydrogen) atoms. The van der Waals surface area contributed by atoms with E-state index in [1.807, 2.05) is 24.4 Å². The van der Waals surface area contributed by atoms with Gasteiger partial charge in [0, 0.05) is 33.2 Å². The number of aryl methyl sites for hydroxylation is 1. The predicted octanol–water partition coefficient (Wildman–Crippen LogP) is 5.13. The average molecular weight is 319 g/mol. The number of fused-ring (bicyclic) bond motifs is 1. The van der Waals surface area contributed by atoms with Gasteiger partial charge in [-0.05, 0) is 36.6 Å². The summed E-state index contributed by atoms with van der Waals surface area (Å²) in [5.41, 5.74) is 3.64. The highest BCUT2D eigenvalue weighted by Gasteiger charge is 2.21. The molecular weight excluding hydrogens is 302 g/mol. The maximum absolute atomic E-state index is 4.43. The fourth-order valence-electron chi connectivity index (χ4n) is 3.01. The number of benzene rings is 1. The van der Waals surface area contributed by atoms with Gasteiger partial charge in [-0.1, -0.05) is 30.3 Å². The van der Waals surface area contributed by atoms with Gasteiger partial charge in [0.15, 0.2) is 0 Å². The Morgan fingerprint density at radius 3 is 2.70 bits per heavy atom. The van der Waals surface area contributed by atoms with E-state index >= 15 is 0 Å². The highest BCUT2D eigenvalue weighted by molar-refractivity contribution is 7.10. The number of pyridine rings is 1. The van der Waals surface area contributed by atoms with E-state index in [-0.39, 0.29) is 6.04 Å². The third kappa shape index (κ3) is 2.62. The number of H-pyrrole nitrogens is 1. The topological polar surface area (TPSA) is 40.7 Å². The number of nitrogens with zero attached hydrogens (tertiary/aromatic N) is 1. The van der Waals surface area contributed by atoms with Crippen molar-refractivity contribution in [1.29, 1.82) is 0 Å². The molecule has 114 valence electrons. The van der Waals surface area contributed by atoms with Gasteiger partial charge in [0.25, 0.3) is 0 Å². The van der Waals surface area contributed by atoms with Crippen LogP contribution in [-0.2, 0) is 0 Å². The van der Waals surface area contributed by atoms with Crippen molar-refractivity contribution in [2.24, 2.45) is 0 Å². The Hall–Kier alpha value is -2.59. The minimum absolute atomic E-state index is 0.0843. The number of nitrogens with one attached hydrogen (secondary N) is 2. The molecule has 0 aliphatic carbocycles. The van der Waals surface area contributed by atoms with Gasteiger partial charge < -0.3 is 10.3 Å². The van der Waals surface area contributed by atoms with E-state index in [9.17, 15) is 0 Å². The first kappa shape index (κ1) is 14.0. The van der Waals surface area contributed by atoms with E-state index in [2.05, 4.69) is 64.0 Å². The molecule has 0 saturated carbocycles. The molecule has 3 heterocycles. The number of hydrogen-bond donors (Lipinski definition) is 2. The summed E-state index contributed by atoms with van der Waals surface area (Å²) in [6.07, 6.45) is 1.82. The molecule has 4 rings (SSSR count). The first-order valence-corrected chi connectivity index (χ1v) is 8.49. The largest absolute Gasteiger partial charge is 0.358 e. The number of anilines is 1. The fourth-order valence-corrected chi connectivity index (χ4v) is 3.79. The molecule has 0 amide bonds. The minimum Gasteiger partial charge on any atom is -0.358 e. The van der Waals surface area contributed by atoms with Crippen molar-refractivity contribution in [3.05, 3.63) is 82.3 Å². The molecule has 3 aromatic heterocycles. The average Bonchev–Trinajstić information content (AvgIpc) is 3.21. The number of rotatable bonds is 4. The molecule has 0 fully saturated rings. The number of hydrogen-bond acceptors (Lipinski definition) is 3. The summed E-state index contributed by atoms with van der Waals surface area (Å²) >= 11 is 1.76.